The van der Waals surface area contributed by atoms with Crippen LogP contribution in [0.25, 0.3) is 10.9 Å². The van der Waals surface area contributed by atoms with E-state index < -0.39 is 0 Å². The number of ether oxygens (including phenoxy) is 1. The van der Waals surface area contributed by atoms with Gasteiger partial charge >= 0.3 is 0 Å². The Labute approximate surface area is 204 Å². The molecule has 0 saturated carbocycles. The predicted molar refractivity (Wildman–Crippen MR) is 144 cm³/mol. The molecule has 1 aliphatic heterocycles. The fraction of sp³-hybridized carbons (Fsp3) is 0.433. The second-order valence-electron chi connectivity index (χ2n) is 10.1. The van der Waals surface area contributed by atoms with Crippen LogP contribution in [0.1, 0.15) is 89.1 Å². The van der Waals surface area contributed by atoms with Crippen molar-refractivity contribution in [2.45, 2.75) is 72.8 Å². The van der Waals surface area contributed by atoms with Crippen LogP contribution >= 0.6 is 0 Å². The molecule has 0 aliphatic carbocycles. The van der Waals surface area contributed by atoms with Crippen molar-refractivity contribution in [3.8, 4) is 0 Å². The van der Waals surface area contributed by atoms with E-state index in [4.69, 9.17) is 19.7 Å². The van der Waals surface area contributed by atoms with E-state index in [1.165, 1.54) is 11.1 Å². The molecule has 4 nitrogen and oxygen atoms in total. The summed E-state index contributed by atoms with van der Waals surface area (Å²) in [7, 11) is 0. The Kier molecular flexibility index (Phi) is 7.16. The van der Waals surface area contributed by atoms with Crippen LogP contribution in [0.3, 0.4) is 0 Å². The van der Waals surface area contributed by atoms with Crippen molar-refractivity contribution in [2.24, 2.45) is 15.9 Å². The SMILES string of the molecule is CC[C@H](C)[C@@H]1COC(c2ccc3cccc(/C(C)=N/c4c(C(C)C)cccc4C(C)C)c3n2)=N1. The Balaban J connectivity index is 1.80. The average molecular weight is 456 g/mol. The fourth-order valence-corrected chi connectivity index (χ4v) is 4.52. The number of hydrogen-bond acceptors (Lipinski definition) is 4. The van der Waals surface area contributed by atoms with E-state index in [2.05, 4.69) is 90.9 Å². The molecule has 0 saturated heterocycles. The average Bonchev–Trinajstić information content (AvgIpc) is 3.33. The quantitative estimate of drug-likeness (QED) is 0.341. The first-order valence-corrected chi connectivity index (χ1v) is 12.6. The van der Waals surface area contributed by atoms with E-state index >= 15 is 0 Å². The Morgan fingerprint density at radius 2 is 1.65 bits per heavy atom. The summed E-state index contributed by atoms with van der Waals surface area (Å²) in [6.45, 7) is 16.1. The van der Waals surface area contributed by atoms with Crippen molar-refractivity contribution in [1.29, 1.82) is 0 Å². The van der Waals surface area contributed by atoms with Crippen LogP contribution in [-0.2, 0) is 4.74 Å². The third-order valence-corrected chi connectivity index (χ3v) is 6.93. The highest BCUT2D eigenvalue weighted by molar-refractivity contribution is 6.10. The van der Waals surface area contributed by atoms with Gasteiger partial charge in [-0.2, -0.15) is 0 Å². The summed E-state index contributed by atoms with van der Waals surface area (Å²) in [5.74, 6) is 1.96. The lowest BCUT2D eigenvalue weighted by Gasteiger charge is -2.17. The number of pyridine rings is 1. The Morgan fingerprint density at radius 3 is 2.29 bits per heavy atom. The van der Waals surface area contributed by atoms with Crippen molar-refractivity contribution < 1.29 is 4.74 Å². The van der Waals surface area contributed by atoms with Gasteiger partial charge in [0.25, 0.3) is 0 Å². The number of aliphatic imine (C=N–C) groups is 2. The maximum absolute atomic E-state index is 5.96. The maximum Gasteiger partial charge on any atom is 0.235 e. The molecule has 0 spiro atoms. The predicted octanol–water partition coefficient (Wildman–Crippen LogP) is 7.81. The standard InChI is InChI=1S/C30H37N3O/c1-8-20(6)27-17-34-30(33-27)26-16-15-22-11-9-14-25(28(22)32-26)21(7)31-29-23(18(2)3)12-10-13-24(29)19(4)5/h9-16,18-20,27H,8,17H2,1-7H3/b31-21+/t20-,27-/m0/s1. The lowest BCUT2D eigenvalue weighted by molar-refractivity contribution is 0.282. The number of para-hydroxylation sites is 2. The molecule has 2 atom stereocenters. The summed E-state index contributed by atoms with van der Waals surface area (Å²) in [5, 5.41) is 1.09. The van der Waals surface area contributed by atoms with Crippen molar-refractivity contribution in [3.63, 3.8) is 0 Å². The fourth-order valence-electron chi connectivity index (χ4n) is 4.52. The van der Waals surface area contributed by atoms with Crippen LogP contribution in [0.2, 0.25) is 0 Å². The Morgan fingerprint density at radius 1 is 0.971 bits per heavy atom. The van der Waals surface area contributed by atoms with Gasteiger partial charge in [0.05, 0.1) is 17.2 Å². The summed E-state index contributed by atoms with van der Waals surface area (Å²) in [6.07, 6.45) is 1.09. The molecule has 1 aliphatic rings. The lowest BCUT2D eigenvalue weighted by Crippen LogP contribution is -2.16. The molecule has 0 amide bonds. The van der Waals surface area contributed by atoms with Crippen LogP contribution in [0, 0.1) is 5.92 Å². The highest BCUT2D eigenvalue weighted by Crippen LogP contribution is 2.35. The second kappa shape index (κ2) is 10.1. The number of aromatic nitrogens is 1. The van der Waals surface area contributed by atoms with Crippen molar-refractivity contribution in [2.75, 3.05) is 6.61 Å². The second-order valence-corrected chi connectivity index (χ2v) is 10.1. The number of rotatable bonds is 7. The maximum atomic E-state index is 5.96. The molecule has 0 unspecified atom stereocenters. The van der Waals surface area contributed by atoms with Crippen LogP contribution in [0.4, 0.5) is 5.69 Å². The lowest BCUT2D eigenvalue weighted by atomic mass is 9.92. The monoisotopic (exact) mass is 455 g/mol. The molecule has 3 aromatic rings. The molecule has 178 valence electrons. The first-order valence-electron chi connectivity index (χ1n) is 12.6. The summed E-state index contributed by atoms with van der Waals surface area (Å²) in [6, 6.07) is 17.2. The van der Waals surface area contributed by atoms with Gasteiger partial charge in [0, 0.05) is 16.7 Å². The minimum atomic E-state index is 0.207. The van der Waals surface area contributed by atoms with Gasteiger partial charge < -0.3 is 4.74 Å². The summed E-state index contributed by atoms with van der Waals surface area (Å²) < 4.78 is 5.96. The van der Waals surface area contributed by atoms with Gasteiger partial charge in [-0.1, -0.05) is 90.4 Å². The third kappa shape index (κ3) is 4.77. The van der Waals surface area contributed by atoms with E-state index in [1.54, 1.807) is 0 Å². The van der Waals surface area contributed by atoms with E-state index in [-0.39, 0.29) is 6.04 Å². The normalized spacial score (nSPS) is 17.4. The Hall–Kier alpha value is -3.01. The van der Waals surface area contributed by atoms with E-state index in [0.29, 0.717) is 30.3 Å². The van der Waals surface area contributed by atoms with Gasteiger partial charge in [-0.25, -0.2) is 9.98 Å². The van der Waals surface area contributed by atoms with Gasteiger partial charge in [-0.3, -0.25) is 4.99 Å². The zero-order chi connectivity index (χ0) is 24.4. The zero-order valence-corrected chi connectivity index (χ0v) is 21.6. The molecule has 2 aromatic carbocycles. The first kappa shape index (κ1) is 24.1. The minimum absolute atomic E-state index is 0.207. The molecule has 0 bridgehead atoms. The summed E-state index contributed by atoms with van der Waals surface area (Å²) in [5.41, 5.74) is 7.41. The highest BCUT2D eigenvalue weighted by Gasteiger charge is 2.25. The molecule has 4 heteroatoms. The molecular formula is C30H37N3O. The van der Waals surface area contributed by atoms with Crippen LogP contribution in [-0.4, -0.2) is 29.2 Å². The summed E-state index contributed by atoms with van der Waals surface area (Å²) >= 11 is 0. The van der Waals surface area contributed by atoms with Gasteiger partial charge in [-0.15, -0.1) is 0 Å². The smallest absolute Gasteiger partial charge is 0.235 e. The molecule has 2 heterocycles. The highest BCUT2D eigenvalue weighted by atomic mass is 16.5. The van der Waals surface area contributed by atoms with E-state index in [9.17, 15) is 0 Å². The minimum Gasteiger partial charge on any atom is -0.474 e. The van der Waals surface area contributed by atoms with Gasteiger partial charge in [0.15, 0.2) is 0 Å². The number of nitrogens with zero attached hydrogens (tertiary/aromatic N) is 3. The van der Waals surface area contributed by atoms with Crippen LogP contribution < -0.4 is 0 Å². The molecular weight excluding hydrogens is 418 g/mol. The van der Waals surface area contributed by atoms with Crippen molar-refractivity contribution in [3.05, 3.63) is 70.9 Å². The van der Waals surface area contributed by atoms with E-state index in [0.717, 1.165) is 40.0 Å². The van der Waals surface area contributed by atoms with E-state index in [1.807, 2.05) is 6.07 Å². The number of hydrogen-bond donors (Lipinski definition) is 0. The van der Waals surface area contributed by atoms with Gasteiger partial charge in [0.2, 0.25) is 5.90 Å². The Bertz CT molecular complexity index is 1210. The molecule has 0 N–H and O–H groups in total. The van der Waals surface area contributed by atoms with Crippen LogP contribution in [0.5, 0.6) is 0 Å². The third-order valence-electron chi connectivity index (χ3n) is 6.93. The van der Waals surface area contributed by atoms with Crippen LogP contribution in [0.15, 0.2) is 58.5 Å². The van der Waals surface area contributed by atoms with Crippen molar-refractivity contribution >= 4 is 28.2 Å². The van der Waals surface area contributed by atoms with Gasteiger partial charge in [-0.05, 0) is 41.9 Å². The van der Waals surface area contributed by atoms with Crippen molar-refractivity contribution in [1.82, 2.24) is 4.98 Å². The zero-order valence-electron chi connectivity index (χ0n) is 21.6. The number of benzene rings is 2. The molecule has 0 radical (unpaired) electrons. The molecule has 0 fully saturated rings. The first-order chi connectivity index (χ1) is 16.3. The largest absolute Gasteiger partial charge is 0.474 e. The topological polar surface area (TPSA) is 46.8 Å². The number of fused-ring (bicyclic) bond motifs is 1. The van der Waals surface area contributed by atoms with Gasteiger partial charge in [0.1, 0.15) is 12.3 Å². The molecule has 34 heavy (non-hydrogen) atoms. The molecule has 4 rings (SSSR count). The molecule has 1 aromatic heterocycles. The summed E-state index contributed by atoms with van der Waals surface area (Å²) in [4.78, 5) is 15.1.